The van der Waals surface area contributed by atoms with E-state index in [0.29, 0.717) is 4.47 Å². The topological polar surface area (TPSA) is 50.2 Å². The SMILES string of the molecule is CC(C)C(Sc1ncc(Br)cc1F)C(=O)O. The minimum Gasteiger partial charge on any atom is -0.480 e. The van der Waals surface area contributed by atoms with Gasteiger partial charge in [-0.1, -0.05) is 25.6 Å². The van der Waals surface area contributed by atoms with Crippen LogP contribution in [-0.2, 0) is 4.79 Å². The standard InChI is InChI=1S/C10H11BrFNO2S/c1-5(2)8(10(14)15)16-9-7(12)3-6(11)4-13-9/h3-5,8H,1-2H3,(H,14,15). The van der Waals surface area contributed by atoms with E-state index in [4.69, 9.17) is 5.11 Å². The molecule has 0 aliphatic rings. The van der Waals surface area contributed by atoms with Crippen LogP contribution in [-0.4, -0.2) is 21.3 Å². The van der Waals surface area contributed by atoms with Crippen molar-refractivity contribution in [1.82, 2.24) is 4.98 Å². The predicted octanol–water partition coefficient (Wildman–Crippen LogP) is 3.18. The number of hydrogen-bond donors (Lipinski definition) is 1. The summed E-state index contributed by atoms with van der Waals surface area (Å²) < 4.78 is 14.0. The van der Waals surface area contributed by atoms with E-state index in [2.05, 4.69) is 20.9 Å². The second kappa shape index (κ2) is 5.63. The molecule has 88 valence electrons. The Morgan fingerprint density at radius 2 is 2.25 bits per heavy atom. The Morgan fingerprint density at radius 3 is 2.69 bits per heavy atom. The van der Waals surface area contributed by atoms with E-state index in [-0.39, 0.29) is 10.9 Å². The Hall–Kier alpha value is -0.620. The number of carboxylic acids is 1. The molecule has 0 aromatic carbocycles. The van der Waals surface area contributed by atoms with Crippen LogP contribution in [0.3, 0.4) is 0 Å². The van der Waals surface area contributed by atoms with Gasteiger partial charge >= 0.3 is 5.97 Å². The van der Waals surface area contributed by atoms with E-state index in [0.717, 1.165) is 11.8 Å². The molecule has 1 N–H and O–H groups in total. The number of aromatic nitrogens is 1. The van der Waals surface area contributed by atoms with Crippen LogP contribution >= 0.6 is 27.7 Å². The maximum absolute atomic E-state index is 13.4. The van der Waals surface area contributed by atoms with Gasteiger partial charge in [0.1, 0.15) is 10.3 Å². The summed E-state index contributed by atoms with van der Waals surface area (Å²) in [6.45, 7) is 3.56. The van der Waals surface area contributed by atoms with Crippen LogP contribution in [0.15, 0.2) is 21.8 Å². The molecule has 1 rings (SSSR count). The van der Waals surface area contributed by atoms with E-state index in [9.17, 15) is 9.18 Å². The average molecular weight is 308 g/mol. The zero-order valence-corrected chi connectivity index (χ0v) is 11.2. The van der Waals surface area contributed by atoms with Gasteiger partial charge in [-0.05, 0) is 27.9 Å². The number of nitrogens with zero attached hydrogens (tertiary/aromatic N) is 1. The van der Waals surface area contributed by atoms with E-state index in [1.807, 2.05) is 0 Å². The fraction of sp³-hybridized carbons (Fsp3) is 0.400. The third-order valence-electron chi connectivity index (χ3n) is 1.86. The number of thioether (sulfide) groups is 1. The second-order valence-corrected chi connectivity index (χ2v) is 5.61. The lowest BCUT2D eigenvalue weighted by atomic mass is 10.1. The van der Waals surface area contributed by atoms with Gasteiger partial charge in [-0.3, -0.25) is 4.79 Å². The average Bonchev–Trinajstić information content (AvgIpc) is 2.15. The predicted molar refractivity (Wildman–Crippen MR) is 64.0 cm³/mol. The number of halogens is 2. The summed E-state index contributed by atoms with van der Waals surface area (Å²) in [6.07, 6.45) is 1.45. The van der Waals surface area contributed by atoms with Gasteiger partial charge in [0.2, 0.25) is 0 Å². The highest BCUT2D eigenvalue weighted by atomic mass is 79.9. The molecule has 1 unspecified atom stereocenters. The number of rotatable bonds is 4. The van der Waals surface area contributed by atoms with Crippen LogP contribution < -0.4 is 0 Å². The molecule has 0 saturated carbocycles. The molecular formula is C10H11BrFNO2S. The molecule has 3 nitrogen and oxygen atoms in total. The summed E-state index contributed by atoms with van der Waals surface area (Å²) in [5, 5.41) is 8.39. The maximum Gasteiger partial charge on any atom is 0.317 e. The zero-order chi connectivity index (χ0) is 12.3. The van der Waals surface area contributed by atoms with Gasteiger partial charge in [-0.2, -0.15) is 0 Å². The lowest BCUT2D eigenvalue weighted by Crippen LogP contribution is -2.22. The van der Waals surface area contributed by atoms with E-state index >= 15 is 0 Å². The molecule has 0 fully saturated rings. The lowest BCUT2D eigenvalue weighted by Gasteiger charge is -2.15. The van der Waals surface area contributed by atoms with Crippen LogP contribution in [0.5, 0.6) is 0 Å². The van der Waals surface area contributed by atoms with Gasteiger partial charge in [0.05, 0.1) is 0 Å². The van der Waals surface area contributed by atoms with Crippen molar-refractivity contribution in [2.75, 3.05) is 0 Å². The molecule has 6 heteroatoms. The monoisotopic (exact) mass is 307 g/mol. The van der Waals surface area contributed by atoms with Gasteiger partial charge in [0.25, 0.3) is 0 Å². The third kappa shape index (κ3) is 3.45. The summed E-state index contributed by atoms with van der Waals surface area (Å²) in [5.41, 5.74) is 0. The van der Waals surface area contributed by atoms with Crippen molar-refractivity contribution < 1.29 is 14.3 Å². The molecule has 0 aliphatic heterocycles. The molecule has 0 amide bonds. The van der Waals surface area contributed by atoms with Crippen molar-refractivity contribution in [3.05, 3.63) is 22.6 Å². The van der Waals surface area contributed by atoms with Crippen molar-refractivity contribution >= 4 is 33.7 Å². The second-order valence-electron chi connectivity index (χ2n) is 3.56. The van der Waals surface area contributed by atoms with Gasteiger partial charge in [-0.25, -0.2) is 9.37 Å². The Bertz CT molecular complexity index is 400. The first kappa shape index (κ1) is 13.4. The summed E-state index contributed by atoms with van der Waals surface area (Å²) >= 11 is 4.03. The highest BCUT2D eigenvalue weighted by Crippen LogP contribution is 2.29. The van der Waals surface area contributed by atoms with Crippen molar-refractivity contribution in [2.24, 2.45) is 5.92 Å². The molecule has 1 heterocycles. The number of pyridine rings is 1. The summed E-state index contributed by atoms with van der Waals surface area (Å²) in [5.74, 6) is -1.55. The molecule has 0 saturated heterocycles. The Labute approximate surface area is 106 Å². The van der Waals surface area contributed by atoms with E-state index < -0.39 is 17.0 Å². The van der Waals surface area contributed by atoms with Gasteiger partial charge in [0, 0.05) is 10.7 Å². The minimum absolute atomic E-state index is 0.0904. The van der Waals surface area contributed by atoms with Crippen LogP contribution in [0, 0.1) is 11.7 Å². The Balaban J connectivity index is 2.90. The molecular weight excluding hydrogens is 297 g/mol. The van der Waals surface area contributed by atoms with Crippen molar-refractivity contribution in [3.63, 3.8) is 0 Å². The zero-order valence-electron chi connectivity index (χ0n) is 8.78. The Morgan fingerprint density at radius 1 is 1.62 bits per heavy atom. The lowest BCUT2D eigenvalue weighted by molar-refractivity contribution is -0.137. The fourth-order valence-electron chi connectivity index (χ4n) is 1.08. The Kier molecular flexibility index (Phi) is 4.73. The minimum atomic E-state index is -0.955. The highest BCUT2D eigenvalue weighted by molar-refractivity contribution is 9.10. The molecule has 0 spiro atoms. The molecule has 1 aromatic heterocycles. The molecule has 0 bridgehead atoms. The number of hydrogen-bond acceptors (Lipinski definition) is 3. The number of carboxylic acid groups (broad SMARTS) is 1. The van der Waals surface area contributed by atoms with Crippen molar-refractivity contribution in [2.45, 2.75) is 24.1 Å². The number of aliphatic carboxylic acids is 1. The third-order valence-corrected chi connectivity index (χ3v) is 3.82. The fourth-order valence-corrected chi connectivity index (χ4v) is 2.28. The van der Waals surface area contributed by atoms with Gasteiger partial charge < -0.3 is 5.11 Å². The van der Waals surface area contributed by atoms with Crippen molar-refractivity contribution in [1.29, 1.82) is 0 Å². The first-order chi connectivity index (χ1) is 7.41. The largest absolute Gasteiger partial charge is 0.480 e. The first-order valence-electron chi connectivity index (χ1n) is 4.62. The van der Waals surface area contributed by atoms with Crippen LogP contribution in [0.25, 0.3) is 0 Å². The highest BCUT2D eigenvalue weighted by Gasteiger charge is 2.24. The molecule has 1 atom stereocenters. The van der Waals surface area contributed by atoms with Crippen LogP contribution in [0.4, 0.5) is 4.39 Å². The normalized spacial score (nSPS) is 12.8. The molecule has 0 radical (unpaired) electrons. The molecule has 16 heavy (non-hydrogen) atoms. The van der Waals surface area contributed by atoms with Crippen molar-refractivity contribution in [3.8, 4) is 0 Å². The summed E-state index contributed by atoms with van der Waals surface area (Å²) in [6, 6.07) is 1.27. The summed E-state index contributed by atoms with van der Waals surface area (Å²) in [4.78, 5) is 14.8. The number of carbonyl (C=O) groups is 1. The quantitative estimate of drug-likeness (QED) is 0.868. The van der Waals surface area contributed by atoms with Crippen LogP contribution in [0.2, 0.25) is 0 Å². The van der Waals surface area contributed by atoms with Crippen LogP contribution in [0.1, 0.15) is 13.8 Å². The van der Waals surface area contributed by atoms with E-state index in [1.54, 1.807) is 13.8 Å². The summed E-state index contributed by atoms with van der Waals surface area (Å²) in [7, 11) is 0. The van der Waals surface area contributed by atoms with Gasteiger partial charge in [-0.15, -0.1) is 0 Å². The molecule has 1 aromatic rings. The smallest absolute Gasteiger partial charge is 0.317 e. The molecule has 0 aliphatic carbocycles. The van der Waals surface area contributed by atoms with Gasteiger partial charge in [0.15, 0.2) is 5.82 Å². The first-order valence-corrected chi connectivity index (χ1v) is 6.29. The maximum atomic E-state index is 13.4. The van der Waals surface area contributed by atoms with E-state index in [1.165, 1.54) is 12.3 Å².